The average Bonchev–Trinajstić information content (AvgIpc) is 3.14. The van der Waals surface area contributed by atoms with Gasteiger partial charge in [0.2, 0.25) is 0 Å². The highest BCUT2D eigenvalue weighted by molar-refractivity contribution is 8.18. The fourth-order valence-electron chi connectivity index (χ4n) is 3.05. The van der Waals surface area contributed by atoms with Crippen LogP contribution in [0.25, 0.3) is 6.08 Å². The fraction of sp³-hybridized carbons (Fsp3) is 0.240. The van der Waals surface area contributed by atoms with Crippen molar-refractivity contribution in [2.24, 2.45) is 4.99 Å². The Bertz CT molecular complexity index is 1180. The lowest BCUT2D eigenvalue weighted by Gasteiger charge is -2.09. The van der Waals surface area contributed by atoms with E-state index in [4.69, 9.17) is 24.2 Å². The van der Waals surface area contributed by atoms with Crippen molar-refractivity contribution in [2.45, 2.75) is 13.8 Å². The Morgan fingerprint density at radius 2 is 1.88 bits per heavy atom. The Morgan fingerprint density at radius 1 is 1.12 bits per heavy atom. The van der Waals surface area contributed by atoms with Crippen LogP contribution in [0.1, 0.15) is 19.4 Å². The first kappa shape index (κ1) is 24.7. The minimum absolute atomic E-state index is 0.00734. The Labute approximate surface area is 202 Å². The van der Waals surface area contributed by atoms with E-state index in [1.54, 1.807) is 55.5 Å². The van der Waals surface area contributed by atoms with Crippen molar-refractivity contribution in [2.75, 3.05) is 26.9 Å². The zero-order valence-corrected chi connectivity index (χ0v) is 19.8. The number of hydrogen-bond donors (Lipinski definition) is 1. The Balaban J connectivity index is 1.97. The Kier molecular flexibility index (Phi) is 8.60. The van der Waals surface area contributed by atoms with Gasteiger partial charge < -0.3 is 24.1 Å². The molecule has 0 aromatic heterocycles. The molecule has 0 saturated heterocycles. The van der Waals surface area contributed by atoms with E-state index in [2.05, 4.69) is 4.99 Å². The molecule has 1 aliphatic heterocycles. The maximum absolute atomic E-state index is 12.6. The third-order valence-corrected chi connectivity index (χ3v) is 5.55. The highest BCUT2D eigenvalue weighted by atomic mass is 32.2. The molecule has 176 valence electrons. The summed E-state index contributed by atoms with van der Waals surface area (Å²) in [5.74, 6) is 0.710. The molecule has 3 rings (SSSR count). The lowest BCUT2D eigenvalue weighted by molar-refractivity contribution is -0.138. The first-order valence-electron chi connectivity index (χ1n) is 10.5. The summed E-state index contributed by atoms with van der Waals surface area (Å²) in [6.45, 7) is 4.21. The van der Waals surface area contributed by atoms with Gasteiger partial charge in [-0.3, -0.25) is 0 Å². The maximum atomic E-state index is 12.6. The number of hydrogen-bond acceptors (Lipinski definition) is 9. The fourth-order valence-corrected chi connectivity index (χ4v) is 4.08. The topological polar surface area (TPSA) is 110 Å². The van der Waals surface area contributed by atoms with Crippen molar-refractivity contribution in [1.82, 2.24) is 0 Å². The molecule has 0 radical (unpaired) electrons. The number of ether oxygens (including phenoxy) is 4. The molecule has 0 aliphatic carbocycles. The SMILES string of the molecule is CCOC(=O)C1=C(O)/C(=C/c2ccc(OCC#N)c(OC)c2)SC1=Nc1ccc(OCC)cc1. The highest BCUT2D eigenvalue weighted by Gasteiger charge is 2.33. The zero-order valence-electron chi connectivity index (χ0n) is 19.0. The minimum atomic E-state index is -0.654. The van der Waals surface area contributed by atoms with Crippen LogP contribution in [-0.4, -0.2) is 43.0 Å². The summed E-state index contributed by atoms with van der Waals surface area (Å²) in [5, 5.41) is 19.9. The molecule has 1 N–H and O–H groups in total. The van der Waals surface area contributed by atoms with Crippen molar-refractivity contribution in [1.29, 1.82) is 5.26 Å². The molecule has 8 nitrogen and oxygen atoms in total. The van der Waals surface area contributed by atoms with E-state index >= 15 is 0 Å². The molecule has 0 saturated carbocycles. The number of aliphatic hydroxyl groups excluding tert-OH is 1. The lowest BCUT2D eigenvalue weighted by atomic mass is 10.1. The lowest BCUT2D eigenvalue weighted by Crippen LogP contribution is -2.12. The average molecular weight is 481 g/mol. The molecule has 1 aliphatic rings. The minimum Gasteiger partial charge on any atom is -0.506 e. The van der Waals surface area contributed by atoms with E-state index in [0.717, 1.165) is 11.8 Å². The van der Waals surface area contributed by atoms with Gasteiger partial charge in [0.1, 0.15) is 28.2 Å². The van der Waals surface area contributed by atoms with Gasteiger partial charge in [-0.25, -0.2) is 9.79 Å². The van der Waals surface area contributed by atoms with Crippen molar-refractivity contribution < 1.29 is 28.8 Å². The number of methoxy groups -OCH3 is 1. The first-order valence-corrected chi connectivity index (χ1v) is 11.3. The van der Waals surface area contributed by atoms with Gasteiger partial charge in [0.25, 0.3) is 0 Å². The summed E-state index contributed by atoms with van der Waals surface area (Å²) in [6, 6.07) is 14.2. The van der Waals surface area contributed by atoms with Crippen LogP contribution in [0.2, 0.25) is 0 Å². The second-order valence-electron chi connectivity index (χ2n) is 6.76. The van der Waals surface area contributed by atoms with Crippen LogP contribution < -0.4 is 14.2 Å². The van der Waals surface area contributed by atoms with Crippen LogP contribution in [0, 0.1) is 11.3 Å². The number of thioether (sulfide) groups is 1. The number of nitriles is 1. The third-order valence-electron chi connectivity index (χ3n) is 4.53. The number of carbonyl (C=O) groups is 1. The molecule has 2 aromatic rings. The van der Waals surface area contributed by atoms with Gasteiger partial charge in [-0.05, 0) is 61.9 Å². The van der Waals surface area contributed by atoms with Crippen molar-refractivity contribution >= 4 is 34.5 Å². The molecule has 0 amide bonds. The highest BCUT2D eigenvalue weighted by Crippen LogP contribution is 2.41. The zero-order chi connectivity index (χ0) is 24.5. The van der Waals surface area contributed by atoms with E-state index in [-0.39, 0.29) is 24.5 Å². The Hall–Kier alpha value is -3.90. The summed E-state index contributed by atoms with van der Waals surface area (Å²) in [4.78, 5) is 17.6. The van der Waals surface area contributed by atoms with Crippen molar-refractivity contribution in [3.05, 3.63) is 64.3 Å². The number of aliphatic imine (C=N–C) groups is 1. The van der Waals surface area contributed by atoms with Crippen LogP contribution >= 0.6 is 11.8 Å². The first-order chi connectivity index (χ1) is 16.5. The van der Waals surface area contributed by atoms with Crippen LogP contribution in [0.15, 0.2) is 63.7 Å². The standard InChI is InChI=1S/C25H24N2O6S/c1-4-31-18-9-7-17(8-10-18)27-24-22(25(29)32-5-2)23(28)21(34-24)15-16-6-11-19(33-13-12-26)20(14-16)30-3/h6-11,14-15,28H,4-5,13H2,1-3H3/b21-15-,27-24?. The van der Waals surface area contributed by atoms with Gasteiger partial charge in [0.05, 0.1) is 30.9 Å². The van der Waals surface area contributed by atoms with Crippen LogP contribution in [0.3, 0.4) is 0 Å². The van der Waals surface area contributed by atoms with Gasteiger partial charge in [0.15, 0.2) is 18.1 Å². The van der Waals surface area contributed by atoms with Crippen molar-refractivity contribution in [3.8, 4) is 23.3 Å². The summed E-state index contributed by atoms with van der Waals surface area (Å²) >= 11 is 1.16. The number of benzene rings is 2. The number of nitrogens with zero attached hydrogens (tertiary/aromatic N) is 2. The molecule has 0 fully saturated rings. The normalized spacial score (nSPS) is 15.4. The number of aliphatic hydroxyl groups is 1. The third kappa shape index (κ3) is 5.91. The molecule has 9 heteroatoms. The number of esters is 1. The quantitative estimate of drug-likeness (QED) is 0.488. The van der Waals surface area contributed by atoms with Crippen molar-refractivity contribution in [3.63, 3.8) is 0 Å². The summed E-state index contributed by atoms with van der Waals surface area (Å²) in [5.41, 5.74) is 1.30. The molecule has 2 aromatic carbocycles. The van der Waals surface area contributed by atoms with E-state index in [1.807, 2.05) is 13.0 Å². The van der Waals surface area contributed by atoms with Gasteiger partial charge in [-0.15, -0.1) is 0 Å². The second kappa shape index (κ2) is 11.8. The smallest absolute Gasteiger partial charge is 0.344 e. The molecule has 0 atom stereocenters. The monoisotopic (exact) mass is 480 g/mol. The molecule has 0 spiro atoms. The summed E-state index contributed by atoms with van der Waals surface area (Å²) in [7, 11) is 1.49. The van der Waals surface area contributed by atoms with E-state index in [0.29, 0.717) is 45.1 Å². The van der Waals surface area contributed by atoms with Gasteiger partial charge >= 0.3 is 5.97 Å². The van der Waals surface area contributed by atoms with Crippen LogP contribution in [-0.2, 0) is 9.53 Å². The second-order valence-corrected chi connectivity index (χ2v) is 7.79. The van der Waals surface area contributed by atoms with E-state index in [1.165, 1.54) is 7.11 Å². The van der Waals surface area contributed by atoms with Crippen LogP contribution in [0.5, 0.6) is 17.2 Å². The molecule has 1 heterocycles. The van der Waals surface area contributed by atoms with E-state index < -0.39 is 5.97 Å². The summed E-state index contributed by atoms with van der Waals surface area (Å²) < 4.78 is 21.3. The molecule has 34 heavy (non-hydrogen) atoms. The van der Waals surface area contributed by atoms with Crippen LogP contribution in [0.4, 0.5) is 5.69 Å². The van der Waals surface area contributed by atoms with Gasteiger partial charge in [0, 0.05) is 0 Å². The summed E-state index contributed by atoms with van der Waals surface area (Å²) in [6.07, 6.45) is 1.70. The predicted molar refractivity (Wildman–Crippen MR) is 131 cm³/mol. The maximum Gasteiger partial charge on any atom is 0.344 e. The molecular weight excluding hydrogens is 456 g/mol. The molecule has 0 bridgehead atoms. The largest absolute Gasteiger partial charge is 0.506 e. The Morgan fingerprint density at radius 3 is 2.53 bits per heavy atom. The molecule has 0 unspecified atom stereocenters. The van der Waals surface area contributed by atoms with Gasteiger partial charge in [-0.1, -0.05) is 17.8 Å². The number of carbonyl (C=O) groups excluding carboxylic acids is 1. The molecular formula is C25H24N2O6S. The number of rotatable bonds is 9. The predicted octanol–water partition coefficient (Wildman–Crippen LogP) is 5.19. The van der Waals surface area contributed by atoms with E-state index in [9.17, 15) is 9.90 Å². The van der Waals surface area contributed by atoms with Gasteiger partial charge in [-0.2, -0.15) is 5.26 Å².